The van der Waals surface area contributed by atoms with Crippen molar-refractivity contribution in [2.24, 2.45) is 0 Å². The SMILES string of the molecule is O=P([O-])([O-])CP(=O)([O-])Oc1ccccc1.O=P([O-])([O-])CP(=O)([O-])Oc1ccccc1.[Hg+2].[Hg+2].[Hg+2]. The predicted molar refractivity (Wildman–Crippen MR) is 94.3 cm³/mol. The van der Waals surface area contributed by atoms with Crippen LogP contribution in [0, 0.1) is 0 Å². The van der Waals surface area contributed by atoms with Crippen molar-refractivity contribution in [2.45, 2.75) is 0 Å². The van der Waals surface area contributed by atoms with Crippen LogP contribution in [-0.4, -0.2) is 11.8 Å². The predicted octanol–water partition coefficient (Wildman–Crippen LogP) is -1.03. The molecule has 0 aliphatic carbocycles. The maximum atomic E-state index is 11.0. The maximum absolute atomic E-state index is 11.0. The Balaban J connectivity index is -0.000000500. The minimum absolute atomic E-state index is 0. The molecule has 0 aliphatic rings. The molecule has 2 rings (SSSR count). The fraction of sp³-hybridized carbons (Fsp3) is 0.143. The molecule has 0 spiro atoms. The van der Waals surface area contributed by atoms with Crippen LogP contribution in [0.15, 0.2) is 60.7 Å². The Hall–Kier alpha value is 1.53. The molecule has 2 unspecified atom stereocenters. The van der Waals surface area contributed by atoms with Crippen molar-refractivity contribution in [3.8, 4) is 11.5 Å². The largest absolute Gasteiger partial charge is 2.00 e. The Morgan fingerprint density at radius 2 is 0.758 bits per heavy atom. The van der Waals surface area contributed by atoms with Crippen molar-refractivity contribution in [1.29, 1.82) is 0 Å². The van der Waals surface area contributed by atoms with Crippen molar-refractivity contribution < 1.29 is 140 Å². The van der Waals surface area contributed by atoms with E-state index in [1.807, 2.05) is 0 Å². The van der Waals surface area contributed by atoms with Gasteiger partial charge in [0.05, 0.1) is 11.8 Å². The van der Waals surface area contributed by atoms with Gasteiger partial charge in [-0.2, -0.15) is 0 Å². The number of hydrogen-bond donors (Lipinski definition) is 0. The molecule has 0 radical (unpaired) electrons. The Bertz CT molecular complexity index is 918. The molecule has 0 fully saturated rings. The van der Waals surface area contributed by atoms with Gasteiger partial charge < -0.3 is 47.5 Å². The van der Waals surface area contributed by atoms with Crippen LogP contribution < -0.4 is 38.4 Å². The van der Waals surface area contributed by atoms with Gasteiger partial charge in [-0.3, -0.25) is 9.13 Å². The number of para-hydroxylation sites is 2. The second-order valence-corrected chi connectivity index (χ2v) is 13.1. The van der Waals surface area contributed by atoms with E-state index >= 15 is 0 Å². The summed E-state index contributed by atoms with van der Waals surface area (Å²) in [5, 5.41) is 0. The first-order chi connectivity index (χ1) is 13.6. The molecule has 0 amide bonds. The number of benzene rings is 2. The van der Waals surface area contributed by atoms with E-state index in [9.17, 15) is 47.6 Å². The van der Waals surface area contributed by atoms with E-state index in [-0.39, 0.29) is 94.5 Å². The molecule has 0 aliphatic heterocycles. The Morgan fingerprint density at radius 1 is 0.515 bits per heavy atom. The van der Waals surface area contributed by atoms with Crippen LogP contribution in [0.3, 0.4) is 0 Å². The molecular formula is C14H14Hg3O12P4. The summed E-state index contributed by atoms with van der Waals surface area (Å²) in [5.74, 6) is -3.09. The van der Waals surface area contributed by atoms with E-state index in [4.69, 9.17) is 0 Å². The van der Waals surface area contributed by atoms with Crippen molar-refractivity contribution in [1.82, 2.24) is 0 Å². The first-order valence-corrected chi connectivity index (χ1v) is 14.6. The summed E-state index contributed by atoms with van der Waals surface area (Å²) in [6.45, 7) is 0. The van der Waals surface area contributed by atoms with Gasteiger partial charge >= 0.3 is 83.0 Å². The van der Waals surface area contributed by atoms with E-state index in [0.29, 0.717) is 0 Å². The van der Waals surface area contributed by atoms with Crippen LogP contribution in [0.2, 0.25) is 0 Å². The Kier molecular flexibility index (Phi) is 20.2. The quantitative estimate of drug-likeness (QED) is 0.229. The summed E-state index contributed by atoms with van der Waals surface area (Å²) in [6.07, 6.45) is 0. The van der Waals surface area contributed by atoms with Gasteiger partial charge in [0, 0.05) is 0 Å². The van der Waals surface area contributed by atoms with Crippen LogP contribution in [0.25, 0.3) is 0 Å². The minimum atomic E-state index is -5.12. The van der Waals surface area contributed by atoms with Crippen molar-refractivity contribution in [3.05, 3.63) is 60.7 Å². The Labute approximate surface area is 251 Å². The third kappa shape index (κ3) is 21.3. The van der Waals surface area contributed by atoms with Crippen LogP contribution in [-0.2, 0) is 101 Å². The standard InChI is InChI=1S/2C7H10O6P2.3Hg/c2*8-14(9,10)6-15(11,12)13-7-4-2-1-3-5-7;;;/h2*1-5H,6H2,(H,11,12)(H2,8,9,10);;;/q;;3*+2/p-6. The maximum Gasteiger partial charge on any atom is 2.00 e. The molecule has 0 saturated heterocycles. The molecule has 0 bridgehead atoms. The van der Waals surface area contributed by atoms with Crippen LogP contribution >= 0.6 is 30.4 Å². The van der Waals surface area contributed by atoms with Gasteiger partial charge in [-0.15, -0.1) is 0 Å². The zero-order valence-electron chi connectivity index (χ0n) is 17.0. The van der Waals surface area contributed by atoms with E-state index in [0.717, 1.165) is 0 Å². The fourth-order valence-corrected chi connectivity index (χ4v) is 6.51. The van der Waals surface area contributed by atoms with Gasteiger partial charge in [-0.1, -0.05) is 51.6 Å². The third-order valence-electron chi connectivity index (χ3n) is 2.67. The summed E-state index contributed by atoms with van der Waals surface area (Å²) in [6, 6.07) is 14.7. The van der Waals surface area contributed by atoms with Gasteiger partial charge in [-0.25, -0.2) is 0 Å². The average molecular weight is 1100 g/mol. The molecule has 0 heterocycles. The van der Waals surface area contributed by atoms with E-state index in [1.165, 1.54) is 48.5 Å². The van der Waals surface area contributed by atoms with Crippen molar-refractivity contribution in [3.63, 3.8) is 0 Å². The molecular weight excluding hydrogens is 1090 g/mol. The topological polar surface area (TPSA) is 225 Å². The smallest absolute Gasteiger partial charge is 0.810 e. The minimum Gasteiger partial charge on any atom is -0.810 e. The van der Waals surface area contributed by atoms with Crippen LogP contribution in [0.1, 0.15) is 0 Å². The summed E-state index contributed by atoms with van der Waals surface area (Å²) in [5.41, 5.74) is 0. The van der Waals surface area contributed by atoms with Crippen LogP contribution in [0.4, 0.5) is 0 Å². The van der Waals surface area contributed by atoms with Crippen molar-refractivity contribution in [2.75, 3.05) is 11.8 Å². The summed E-state index contributed by atoms with van der Waals surface area (Å²) in [4.78, 5) is 63.1. The number of hydrogen-bond acceptors (Lipinski definition) is 12. The molecule has 0 N–H and O–H groups in total. The van der Waals surface area contributed by atoms with E-state index in [1.54, 1.807) is 12.1 Å². The van der Waals surface area contributed by atoms with Gasteiger partial charge in [0.2, 0.25) is 0 Å². The van der Waals surface area contributed by atoms with Gasteiger partial charge in [-0.05, 0) is 24.3 Å². The fourth-order valence-electron chi connectivity index (χ4n) is 1.77. The molecule has 19 heteroatoms. The molecule has 33 heavy (non-hydrogen) atoms. The molecule has 2 aromatic carbocycles. The molecule has 0 saturated carbocycles. The molecule has 2 aromatic rings. The zero-order chi connectivity index (χ0) is 23.1. The summed E-state index contributed by atoms with van der Waals surface area (Å²) in [7, 11) is -19.6. The normalized spacial score (nSPS) is 14.2. The van der Waals surface area contributed by atoms with Crippen molar-refractivity contribution >= 4 is 30.4 Å². The monoisotopic (exact) mass is 1100 g/mol. The van der Waals surface area contributed by atoms with Gasteiger partial charge in [0.25, 0.3) is 0 Å². The third-order valence-corrected chi connectivity index (χ3v) is 9.19. The zero-order valence-corrected chi connectivity index (χ0v) is 37.1. The van der Waals surface area contributed by atoms with Gasteiger partial charge in [0.1, 0.15) is 11.5 Å². The first kappa shape index (κ1) is 39.0. The second-order valence-electron chi connectivity index (χ2n) is 5.54. The molecule has 12 nitrogen and oxygen atoms in total. The summed E-state index contributed by atoms with van der Waals surface area (Å²) >= 11 is 0. The Morgan fingerprint density at radius 3 is 0.970 bits per heavy atom. The molecule has 0 aromatic heterocycles. The summed E-state index contributed by atoms with van der Waals surface area (Å²) < 4.78 is 51.4. The average Bonchev–Trinajstić information content (AvgIpc) is 2.51. The molecule has 2 atom stereocenters. The van der Waals surface area contributed by atoms with E-state index in [2.05, 4.69) is 9.05 Å². The van der Waals surface area contributed by atoms with E-state index < -0.39 is 42.2 Å². The number of rotatable bonds is 8. The van der Waals surface area contributed by atoms with Crippen LogP contribution in [0.5, 0.6) is 11.5 Å². The first-order valence-electron chi connectivity index (χ1n) is 7.69. The molecule has 168 valence electrons. The second kappa shape index (κ2) is 17.1. The van der Waals surface area contributed by atoms with Gasteiger partial charge in [0.15, 0.2) is 15.2 Å².